The number of allylic oxidation sites excluding steroid dienone is 2. The van der Waals surface area contributed by atoms with E-state index in [4.69, 9.17) is 9.47 Å². The third kappa shape index (κ3) is 4.65. The first-order valence-corrected chi connectivity index (χ1v) is 9.42. The lowest BCUT2D eigenvalue weighted by Crippen LogP contribution is -2.24. The average Bonchev–Trinajstić information content (AvgIpc) is 2.61. The summed E-state index contributed by atoms with van der Waals surface area (Å²) in [5.74, 6) is 2.08. The maximum atomic E-state index is 12.3. The molecule has 1 aromatic rings. The Morgan fingerprint density at radius 1 is 1.16 bits per heavy atom. The second-order valence-electron chi connectivity index (χ2n) is 7.19. The summed E-state index contributed by atoms with van der Waals surface area (Å²) >= 11 is 0. The highest BCUT2D eigenvalue weighted by Crippen LogP contribution is 2.46. The van der Waals surface area contributed by atoms with Gasteiger partial charge in [-0.15, -0.1) is 0 Å². The summed E-state index contributed by atoms with van der Waals surface area (Å²) in [7, 11) is 3.42. The predicted octanol–water partition coefficient (Wildman–Crippen LogP) is 5.47. The van der Waals surface area contributed by atoms with Crippen molar-refractivity contribution in [1.29, 1.82) is 0 Å². The highest BCUT2D eigenvalue weighted by atomic mass is 16.5. The van der Waals surface area contributed by atoms with Gasteiger partial charge in [-0.05, 0) is 57.2 Å². The van der Waals surface area contributed by atoms with Crippen molar-refractivity contribution in [2.45, 2.75) is 65.2 Å². The number of ether oxygens (including phenoxy) is 2. The molecule has 2 atom stereocenters. The molecule has 1 aliphatic carbocycles. The van der Waals surface area contributed by atoms with Crippen LogP contribution in [0.5, 0.6) is 11.5 Å². The maximum Gasteiger partial charge on any atom is 0.133 e. The second-order valence-corrected chi connectivity index (χ2v) is 7.19. The summed E-state index contributed by atoms with van der Waals surface area (Å²) in [6, 6.07) is 4.27. The molecule has 138 valence electrons. The molecule has 2 rings (SSSR count). The highest BCUT2D eigenvalue weighted by molar-refractivity contribution is 5.80. The number of carbonyl (C=O) groups excluding carboxylic acids is 1. The fourth-order valence-electron chi connectivity index (χ4n) is 3.89. The van der Waals surface area contributed by atoms with Gasteiger partial charge >= 0.3 is 0 Å². The van der Waals surface area contributed by atoms with Gasteiger partial charge in [-0.1, -0.05) is 31.4 Å². The largest absolute Gasteiger partial charge is 0.496 e. The molecule has 0 bridgehead atoms. The van der Waals surface area contributed by atoms with Gasteiger partial charge in [-0.2, -0.15) is 0 Å². The van der Waals surface area contributed by atoms with E-state index < -0.39 is 0 Å². The molecule has 0 aromatic heterocycles. The van der Waals surface area contributed by atoms with Crippen LogP contribution in [-0.4, -0.2) is 20.0 Å². The minimum absolute atomic E-state index is 0.00117. The van der Waals surface area contributed by atoms with E-state index in [1.54, 1.807) is 21.1 Å². The summed E-state index contributed by atoms with van der Waals surface area (Å²) in [5, 5.41) is 0. The Morgan fingerprint density at radius 2 is 1.80 bits per heavy atom. The minimum Gasteiger partial charge on any atom is -0.496 e. The number of aryl methyl sites for hydroxylation is 1. The molecule has 0 saturated heterocycles. The Kier molecular flexibility index (Phi) is 7.10. The van der Waals surface area contributed by atoms with E-state index in [1.807, 2.05) is 0 Å². The fourth-order valence-corrected chi connectivity index (χ4v) is 3.89. The molecule has 0 heterocycles. The summed E-state index contributed by atoms with van der Waals surface area (Å²) < 4.78 is 11.5. The van der Waals surface area contributed by atoms with Crippen molar-refractivity contribution in [3.63, 3.8) is 0 Å². The number of ketones is 1. The van der Waals surface area contributed by atoms with Gasteiger partial charge < -0.3 is 9.47 Å². The molecule has 3 heteroatoms. The molecule has 0 fully saturated rings. The van der Waals surface area contributed by atoms with Gasteiger partial charge in [0.15, 0.2) is 0 Å². The monoisotopic (exact) mass is 344 g/mol. The molecule has 1 aromatic carbocycles. The molecule has 1 aliphatic rings. The van der Waals surface area contributed by atoms with Gasteiger partial charge in [-0.25, -0.2) is 0 Å². The second kappa shape index (κ2) is 9.07. The number of carbonyl (C=O) groups is 1. The van der Waals surface area contributed by atoms with E-state index in [0.29, 0.717) is 0 Å². The summed E-state index contributed by atoms with van der Waals surface area (Å²) in [6.07, 6.45) is 8.57. The lowest BCUT2D eigenvalue weighted by molar-refractivity contribution is -0.121. The van der Waals surface area contributed by atoms with Crippen LogP contribution in [0.2, 0.25) is 0 Å². The molecule has 0 radical (unpaired) electrons. The normalized spacial score (nSPS) is 20.1. The van der Waals surface area contributed by atoms with Crippen LogP contribution in [0.3, 0.4) is 0 Å². The Bertz CT molecular complexity index is 605. The number of rotatable bonds is 8. The molecule has 0 amide bonds. The first-order valence-electron chi connectivity index (χ1n) is 9.42. The summed E-state index contributed by atoms with van der Waals surface area (Å²) in [4.78, 5) is 12.3. The van der Waals surface area contributed by atoms with Crippen molar-refractivity contribution in [3.05, 3.63) is 34.9 Å². The topological polar surface area (TPSA) is 35.5 Å². The van der Waals surface area contributed by atoms with Crippen molar-refractivity contribution in [2.75, 3.05) is 14.2 Å². The molecule has 0 spiro atoms. The van der Waals surface area contributed by atoms with E-state index in [9.17, 15) is 4.79 Å². The SMILES string of the molecule is CCCCCc1cc(OC)c([C@@H]2CC=C(C)C[C@H]2C(C)=O)c(OC)c1. The van der Waals surface area contributed by atoms with Crippen LogP contribution in [-0.2, 0) is 11.2 Å². The molecule has 0 aliphatic heterocycles. The van der Waals surface area contributed by atoms with Gasteiger partial charge in [0.05, 0.1) is 14.2 Å². The zero-order chi connectivity index (χ0) is 18.4. The zero-order valence-corrected chi connectivity index (χ0v) is 16.4. The number of hydrogen-bond acceptors (Lipinski definition) is 3. The quantitative estimate of drug-likeness (QED) is 0.464. The summed E-state index contributed by atoms with van der Waals surface area (Å²) in [5.41, 5.74) is 3.59. The van der Waals surface area contributed by atoms with Crippen LogP contribution in [0.4, 0.5) is 0 Å². The first-order chi connectivity index (χ1) is 12.0. The van der Waals surface area contributed by atoms with Crippen molar-refractivity contribution in [1.82, 2.24) is 0 Å². The molecule has 0 unspecified atom stereocenters. The average molecular weight is 344 g/mol. The molecule has 0 N–H and O–H groups in total. The Morgan fingerprint density at radius 3 is 2.32 bits per heavy atom. The third-order valence-corrected chi connectivity index (χ3v) is 5.31. The van der Waals surface area contributed by atoms with Crippen molar-refractivity contribution in [2.24, 2.45) is 5.92 Å². The van der Waals surface area contributed by atoms with Crippen LogP contribution in [0.1, 0.15) is 69.9 Å². The van der Waals surface area contributed by atoms with E-state index in [-0.39, 0.29) is 17.6 Å². The Labute approximate surface area is 152 Å². The zero-order valence-electron chi connectivity index (χ0n) is 16.4. The van der Waals surface area contributed by atoms with Gasteiger partial charge in [0, 0.05) is 17.4 Å². The third-order valence-electron chi connectivity index (χ3n) is 5.31. The molecular weight excluding hydrogens is 312 g/mol. The first kappa shape index (κ1) is 19.6. The fraction of sp³-hybridized carbons (Fsp3) is 0.591. The number of methoxy groups -OCH3 is 2. The molecular formula is C22H32O3. The van der Waals surface area contributed by atoms with Crippen molar-refractivity contribution < 1.29 is 14.3 Å². The van der Waals surface area contributed by atoms with Gasteiger partial charge in [-0.3, -0.25) is 4.79 Å². The van der Waals surface area contributed by atoms with Gasteiger partial charge in [0.25, 0.3) is 0 Å². The standard InChI is InChI=1S/C22H32O3/c1-6-7-8-9-17-13-20(24-4)22(21(14-17)25-5)18-11-10-15(2)12-19(18)16(3)23/h10,13-14,18-19H,6-9,11-12H2,1-5H3/t18-,19+/m1/s1. The Hall–Kier alpha value is -1.77. The Balaban J connectivity index is 2.42. The maximum absolute atomic E-state index is 12.3. The summed E-state index contributed by atoms with van der Waals surface area (Å²) in [6.45, 7) is 6.02. The van der Waals surface area contributed by atoms with Gasteiger partial charge in [0.1, 0.15) is 17.3 Å². The van der Waals surface area contributed by atoms with Crippen molar-refractivity contribution >= 4 is 5.78 Å². The van der Waals surface area contributed by atoms with Crippen LogP contribution in [0.15, 0.2) is 23.8 Å². The minimum atomic E-state index is -0.00117. The smallest absolute Gasteiger partial charge is 0.133 e. The van der Waals surface area contributed by atoms with Crippen LogP contribution >= 0.6 is 0 Å². The number of Topliss-reactive ketones (excluding diaryl/α,β-unsaturated/α-hetero) is 1. The number of hydrogen-bond donors (Lipinski definition) is 0. The van der Waals surface area contributed by atoms with Crippen LogP contribution in [0.25, 0.3) is 0 Å². The van der Waals surface area contributed by atoms with Crippen LogP contribution < -0.4 is 9.47 Å². The number of benzene rings is 1. The van der Waals surface area contributed by atoms with Crippen LogP contribution in [0, 0.1) is 5.92 Å². The van der Waals surface area contributed by atoms with Gasteiger partial charge in [0.2, 0.25) is 0 Å². The lowest BCUT2D eigenvalue weighted by atomic mass is 9.73. The molecule has 0 saturated carbocycles. The lowest BCUT2D eigenvalue weighted by Gasteiger charge is -2.31. The molecule has 25 heavy (non-hydrogen) atoms. The molecule has 3 nitrogen and oxygen atoms in total. The predicted molar refractivity (Wildman–Crippen MR) is 103 cm³/mol. The van der Waals surface area contributed by atoms with E-state index in [2.05, 4.69) is 32.1 Å². The van der Waals surface area contributed by atoms with E-state index >= 15 is 0 Å². The van der Waals surface area contributed by atoms with E-state index in [1.165, 1.54) is 30.4 Å². The van der Waals surface area contributed by atoms with Crippen molar-refractivity contribution in [3.8, 4) is 11.5 Å². The highest BCUT2D eigenvalue weighted by Gasteiger charge is 2.33. The number of unbranched alkanes of at least 4 members (excludes halogenated alkanes) is 2. The van der Waals surface area contributed by atoms with E-state index in [0.717, 1.165) is 36.3 Å².